The van der Waals surface area contributed by atoms with Crippen molar-refractivity contribution in [2.45, 2.75) is 197 Å². The van der Waals surface area contributed by atoms with E-state index < -0.39 is 106 Å². The van der Waals surface area contributed by atoms with Gasteiger partial charge in [0.1, 0.15) is 29.7 Å². The molecule has 0 spiro atoms. The fraction of sp³-hybridized carbons (Fsp3) is 0.844. The molecular weight excluding hydrogens is 825 g/mol. The van der Waals surface area contributed by atoms with E-state index in [2.05, 4.69) is 5.32 Å². The molecule has 0 radical (unpaired) electrons. The largest absolute Gasteiger partial charge is 0.483 e. The lowest BCUT2D eigenvalue weighted by molar-refractivity contribution is -0.314. The Morgan fingerprint density at radius 1 is 0.952 bits per heavy atom. The number of likely N-dealkylation sites (N-methyl/N-ethyl adjacent to an activating group) is 2. The smallest absolute Gasteiger partial charge is 0.311 e. The number of hydrogen-bond acceptors (Lipinski definition) is 16. The van der Waals surface area contributed by atoms with Gasteiger partial charge >= 0.3 is 5.97 Å². The van der Waals surface area contributed by atoms with Crippen LogP contribution in [-0.2, 0) is 43.1 Å². The van der Waals surface area contributed by atoms with Gasteiger partial charge in [-0.05, 0) is 106 Å². The SMILES string of the molecule is CC[C@H]1OC(=O)[C@H](C)[C@@H](O[C@H]2C[C@@](C)(OC)[C@@H](O)[C@H](C)O2)[C@H](C)[C@@H](O[C@@H]2O[C@H](C)C[C@H](NC)[C@H]2Oc2cccc(S(=O)(=O)CC)c2)[C@](C)(O)C[C@@H](C)CN(C)[C@H](C)[C@@H](O)[C@]1(C)O. The van der Waals surface area contributed by atoms with Crippen molar-refractivity contribution >= 4 is 15.8 Å². The zero-order chi connectivity index (χ0) is 46.7. The third kappa shape index (κ3) is 11.9. The normalized spacial score (nSPS) is 43.6. The van der Waals surface area contributed by atoms with Crippen molar-refractivity contribution in [2.75, 3.05) is 33.5 Å². The molecule has 0 saturated carbocycles. The lowest BCUT2D eigenvalue weighted by Gasteiger charge is -2.48. The van der Waals surface area contributed by atoms with E-state index in [1.54, 1.807) is 67.6 Å². The average Bonchev–Trinajstić information content (AvgIpc) is 3.21. The second-order valence-corrected chi connectivity index (χ2v) is 21.3. The molecule has 4 rings (SSSR count). The highest BCUT2D eigenvalue weighted by molar-refractivity contribution is 7.91. The molecule has 5 N–H and O–H groups in total. The standard InChI is InChI=1S/C45H78N2O14S/c1-15-34-45(11,52)38(48)29(7)47(13)24-25(3)22-43(9,51)40(27(5)36(28(6)41(50)59-34)60-35-23-44(10,55-14)39(49)30(8)57-35)61-42-37(33(46-12)20-26(4)56-42)58-31-18-17-19-32(21-31)62(53,54)16-2/h17-19,21,25-30,33-40,42,46,48-49,51-52H,15-16,20,22-24H2,1-14H3/t25-,26-,27+,28-,29-,30+,33+,34-,35+,36+,37-,38-,39+,40-,42+,43-,44-,45-/m1/s1. The number of ether oxygens (including phenoxy) is 7. The number of cyclic esters (lactones) is 1. The number of aliphatic hydroxyl groups excluding tert-OH is 2. The predicted octanol–water partition coefficient (Wildman–Crippen LogP) is 3.44. The summed E-state index contributed by atoms with van der Waals surface area (Å²) in [4.78, 5) is 16.5. The Morgan fingerprint density at radius 3 is 2.21 bits per heavy atom. The molecule has 18 atom stereocenters. The fourth-order valence-corrected chi connectivity index (χ4v) is 10.6. The monoisotopic (exact) mass is 903 g/mol. The van der Waals surface area contributed by atoms with Crippen LogP contribution in [0, 0.1) is 17.8 Å². The molecule has 3 fully saturated rings. The molecule has 1 aromatic carbocycles. The number of carbonyl (C=O) groups excluding carboxylic acids is 1. The van der Waals surface area contributed by atoms with Gasteiger partial charge in [0.05, 0.1) is 58.2 Å². The van der Waals surface area contributed by atoms with E-state index >= 15 is 0 Å². The molecule has 0 unspecified atom stereocenters. The van der Waals surface area contributed by atoms with Crippen LogP contribution in [0.5, 0.6) is 5.75 Å². The van der Waals surface area contributed by atoms with Crippen LogP contribution in [0.4, 0.5) is 0 Å². The van der Waals surface area contributed by atoms with Gasteiger partial charge in [-0.2, -0.15) is 0 Å². The van der Waals surface area contributed by atoms with Crippen molar-refractivity contribution in [3.05, 3.63) is 24.3 Å². The van der Waals surface area contributed by atoms with E-state index in [0.717, 1.165) is 0 Å². The highest BCUT2D eigenvalue weighted by Gasteiger charge is 2.53. The summed E-state index contributed by atoms with van der Waals surface area (Å²) < 4.78 is 70.8. The Hall–Kier alpha value is -2.00. The van der Waals surface area contributed by atoms with Crippen molar-refractivity contribution in [2.24, 2.45) is 17.8 Å². The van der Waals surface area contributed by atoms with Crippen LogP contribution in [0.25, 0.3) is 0 Å². The van der Waals surface area contributed by atoms with Crippen molar-refractivity contribution in [3.63, 3.8) is 0 Å². The minimum absolute atomic E-state index is 0.0859. The Bertz CT molecular complexity index is 1720. The number of carbonyl (C=O) groups is 1. The van der Waals surface area contributed by atoms with Crippen LogP contribution in [0.15, 0.2) is 29.2 Å². The number of rotatable bonds is 11. The molecule has 3 saturated heterocycles. The molecule has 358 valence electrons. The Kier molecular flexibility index (Phi) is 17.9. The van der Waals surface area contributed by atoms with Gasteiger partial charge in [-0.15, -0.1) is 0 Å². The lowest BCUT2D eigenvalue weighted by Crippen LogP contribution is -2.61. The van der Waals surface area contributed by atoms with Crippen LogP contribution < -0.4 is 10.1 Å². The average molecular weight is 903 g/mol. The molecule has 3 aliphatic rings. The summed E-state index contributed by atoms with van der Waals surface area (Å²) in [6.45, 7) is 19.5. The number of benzene rings is 1. The molecular formula is C45H78N2O14S. The summed E-state index contributed by atoms with van der Waals surface area (Å²) in [6.07, 6.45) is -8.63. The number of nitrogens with zero attached hydrogens (tertiary/aromatic N) is 1. The first-order valence-electron chi connectivity index (χ1n) is 22.3. The summed E-state index contributed by atoms with van der Waals surface area (Å²) in [6, 6.07) is 5.37. The summed E-state index contributed by atoms with van der Waals surface area (Å²) in [7, 11) is 1.57. The molecule has 0 bridgehead atoms. The van der Waals surface area contributed by atoms with Gasteiger partial charge in [0.15, 0.2) is 28.5 Å². The minimum Gasteiger partial charge on any atom is -0.483 e. The summed E-state index contributed by atoms with van der Waals surface area (Å²) >= 11 is 0. The van der Waals surface area contributed by atoms with Crippen LogP contribution in [0.3, 0.4) is 0 Å². The van der Waals surface area contributed by atoms with Crippen molar-refractivity contribution in [3.8, 4) is 5.75 Å². The molecule has 17 heteroatoms. The lowest BCUT2D eigenvalue weighted by atomic mass is 9.77. The quantitative estimate of drug-likeness (QED) is 0.201. The van der Waals surface area contributed by atoms with Gasteiger partial charge in [-0.25, -0.2) is 8.42 Å². The second-order valence-electron chi connectivity index (χ2n) is 19.0. The third-order valence-electron chi connectivity index (χ3n) is 13.7. The number of methoxy groups -OCH3 is 1. The first-order valence-corrected chi connectivity index (χ1v) is 24.0. The van der Waals surface area contributed by atoms with E-state index in [0.29, 0.717) is 13.0 Å². The molecule has 0 amide bonds. The molecule has 3 heterocycles. The number of esters is 1. The second kappa shape index (κ2) is 21.1. The molecule has 0 aromatic heterocycles. The molecule has 3 aliphatic heterocycles. The Labute approximate surface area is 370 Å². The number of sulfone groups is 1. The highest BCUT2D eigenvalue weighted by atomic mass is 32.2. The van der Waals surface area contributed by atoms with Gasteiger partial charge < -0.3 is 63.8 Å². The van der Waals surface area contributed by atoms with Crippen LogP contribution >= 0.6 is 0 Å². The predicted molar refractivity (Wildman–Crippen MR) is 232 cm³/mol. The maximum atomic E-state index is 14.5. The van der Waals surface area contributed by atoms with E-state index in [9.17, 15) is 33.6 Å². The molecule has 62 heavy (non-hydrogen) atoms. The van der Waals surface area contributed by atoms with Crippen LogP contribution in [0.1, 0.15) is 102 Å². The number of aliphatic hydroxyl groups is 4. The van der Waals surface area contributed by atoms with Crippen LogP contribution in [0.2, 0.25) is 0 Å². The molecule has 16 nitrogen and oxygen atoms in total. The van der Waals surface area contributed by atoms with Gasteiger partial charge in [-0.3, -0.25) is 4.79 Å². The van der Waals surface area contributed by atoms with E-state index in [1.165, 1.54) is 26.2 Å². The van der Waals surface area contributed by atoms with E-state index in [1.807, 2.05) is 32.7 Å². The summed E-state index contributed by atoms with van der Waals surface area (Å²) in [5, 5.41) is 50.7. The summed E-state index contributed by atoms with van der Waals surface area (Å²) in [5.74, 6) is -2.60. The number of nitrogens with one attached hydrogen (secondary N) is 1. The van der Waals surface area contributed by atoms with Gasteiger partial charge in [-0.1, -0.05) is 33.8 Å². The van der Waals surface area contributed by atoms with Crippen LogP contribution in [-0.4, -0.2) is 164 Å². The first-order chi connectivity index (χ1) is 28.8. The molecule has 0 aliphatic carbocycles. The third-order valence-corrected chi connectivity index (χ3v) is 15.5. The topological polar surface area (TPSA) is 212 Å². The van der Waals surface area contributed by atoms with Crippen molar-refractivity contribution < 1.29 is 66.8 Å². The van der Waals surface area contributed by atoms with Gasteiger partial charge in [0, 0.05) is 32.0 Å². The fourth-order valence-electron chi connectivity index (χ4n) is 9.72. The Balaban J connectivity index is 1.87. The minimum atomic E-state index is -3.55. The van der Waals surface area contributed by atoms with E-state index in [4.69, 9.17) is 33.2 Å². The highest BCUT2D eigenvalue weighted by Crippen LogP contribution is 2.40. The Morgan fingerprint density at radius 2 is 1.61 bits per heavy atom. The zero-order valence-corrected chi connectivity index (χ0v) is 40.3. The maximum absolute atomic E-state index is 14.5. The first kappa shape index (κ1) is 52.6. The van der Waals surface area contributed by atoms with E-state index in [-0.39, 0.29) is 53.7 Å². The van der Waals surface area contributed by atoms with Crippen molar-refractivity contribution in [1.29, 1.82) is 0 Å². The summed E-state index contributed by atoms with van der Waals surface area (Å²) in [5.41, 5.74) is -4.54. The van der Waals surface area contributed by atoms with Crippen molar-refractivity contribution in [1.82, 2.24) is 10.2 Å². The van der Waals surface area contributed by atoms with Gasteiger partial charge in [0.2, 0.25) is 0 Å². The van der Waals surface area contributed by atoms with Gasteiger partial charge in [0.25, 0.3) is 0 Å². The number of hydrogen-bond donors (Lipinski definition) is 5. The zero-order valence-electron chi connectivity index (χ0n) is 39.4. The maximum Gasteiger partial charge on any atom is 0.311 e. The molecule has 1 aromatic rings.